The molecule has 0 unspecified atom stereocenters. The second kappa shape index (κ2) is 7.13. The Kier molecular flexibility index (Phi) is 4.69. The number of aromatic nitrogens is 3. The summed E-state index contributed by atoms with van der Waals surface area (Å²) in [4.78, 5) is 13.0. The lowest BCUT2D eigenvalue weighted by atomic mass is 10.0. The quantitative estimate of drug-likeness (QED) is 0.663. The number of aryl methyl sites for hydroxylation is 1. The molecule has 26 heavy (non-hydrogen) atoms. The van der Waals surface area contributed by atoms with Gasteiger partial charge in [-0.25, -0.2) is 4.68 Å². The first-order valence-corrected chi connectivity index (χ1v) is 9.76. The second-order valence-electron chi connectivity index (χ2n) is 5.92. The van der Waals surface area contributed by atoms with E-state index in [9.17, 15) is 4.79 Å². The van der Waals surface area contributed by atoms with Crippen molar-refractivity contribution in [1.82, 2.24) is 14.9 Å². The van der Waals surface area contributed by atoms with Gasteiger partial charge in [0.05, 0.1) is 6.04 Å². The van der Waals surface area contributed by atoms with Crippen molar-refractivity contribution in [2.45, 2.75) is 23.4 Å². The molecule has 3 aromatic rings. The minimum absolute atomic E-state index is 0.0782. The smallest absolute Gasteiger partial charge is 0.240 e. The Bertz CT molecular complexity index is 929. The number of carbonyl (C=O) groups excluding carboxylic acids is 1. The van der Waals surface area contributed by atoms with Crippen LogP contribution in [0.15, 0.2) is 64.2 Å². The van der Waals surface area contributed by atoms with Gasteiger partial charge in [-0.3, -0.25) is 4.79 Å². The molecular weight excluding hydrogens is 414 g/mol. The molecule has 0 aliphatic carbocycles. The third-order valence-electron chi connectivity index (χ3n) is 4.13. The van der Waals surface area contributed by atoms with Crippen LogP contribution < -0.4 is 10.7 Å². The molecule has 1 aromatic heterocycles. The minimum atomic E-state index is -0.378. The predicted octanol–water partition coefficient (Wildman–Crippen LogP) is 3.75. The van der Waals surface area contributed by atoms with Crippen molar-refractivity contribution in [3.05, 3.63) is 70.5 Å². The van der Waals surface area contributed by atoms with Gasteiger partial charge in [0.2, 0.25) is 11.1 Å². The number of hydrogen-bond acceptors (Lipinski definition) is 5. The number of amides is 1. The Morgan fingerprint density at radius 3 is 2.62 bits per heavy atom. The summed E-state index contributed by atoms with van der Waals surface area (Å²) in [5.74, 6) is 0.686. The number of anilines is 1. The molecule has 2 atom stereocenters. The lowest BCUT2D eigenvalue weighted by Crippen LogP contribution is -2.41. The summed E-state index contributed by atoms with van der Waals surface area (Å²) in [7, 11) is 0. The number of nitrogens with one attached hydrogen (secondary N) is 2. The van der Waals surface area contributed by atoms with Gasteiger partial charge in [0, 0.05) is 10.2 Å². The van der Waals surface area contributed by atoms with Crippen LogP contribution in [0.5, 0.6) is 0 Å². The van der Waals surface area contributed by atoms with Gasteiger partial charge in [-0.05, 0) is 36.8 Å². The average Bonchev–Trinajstić information content (AvgIpc) is 3.03. The molecule has 2 N–H and O–H groups in total. The number of fused-ring (bicyclic) bond motifs is 1. The second-order valence-corrected chi connectivity index (χ2v) is 7.94. The first-order chi connectivity index (χ1) is 12.6. The minimum Gasteiger partial charge on any atom is -0.325 e. The Morgan fingerprint density at radius 2 is 1.88 bits per heavy atom. The van der Waals surface area contributed by atoms with Crippen molar-refractivity contribution in [2.24, 2.45) is 0 Å². The Hall–Kier alpha value is -2.32. The van der Waals surface area contributed by atoms with Crippen LogP contribution in [-0.2, 0) is 4.79 Å². The average molecular weight is 430 g/mol. The largest absolute Gasteiger partial charge is 0.325 e. The summed E-state index contributed by atoms with van der Waals surface area (Å²) >= 11 is 4.82. The van der Waals surface area contributed by atoms with E-state index in [0.29, 0.717) is 5.16 Å². The van der Waals surface area contributed by atoms with E-state index >= 15 is 0 Å². The highest BCUT2D eigenvalue weighted by atomic mass is 79.9. The third kappa shape index (κ3) is 3.34. The van der Waals surface area contributed by atoms with E-state index in [4.69, 9.17) is 0 Å². The van der Waals surface area contributed by atoms with Crippen LogP contribution in [0, 0.1) is 6.92 Å². The van der Waals surface area contributed by atoms with E-state index in [1.54, 1.807) is 0 Å². The summed E-state index contributed by atoms with van der Waals surface area (Å²) in [6, 6.07) is 17.3. The van der Waals surface area contributed by atoms with E-state index < -0.39 is 0 Å². The number of halogens is 1. The van der Waals surface area contributed by atoms with E-state index in [2.05, 4.69) is 36.9 Å². The van der Waals surface area contributed by atoms with E-state index in [1.165, 1.54) is 11.8 Å². The molecule has 1 aliphatic rings. The molecule has 1 amide bonds. The number of benzene rings is 2. The van der Waals surface area contributed by atoms with Crippen molar-refractivity contribution in [2.75, 3.05) is 10.7 Å². The first-order valence-electron chi connectivity index (χ1n) is 8.08. The van der Waals surface area contributed by atoms with E-state index in [-0.39, 0.29) is 17.2 Å². The molecule has 132 valence electrons. The van der Waals surface area contributed by atoms with E-state index in [1.807, 2.05) is 66.2 Å². The van der Waals surface area contributed by atoms with Crippen LogP contribution in [0.3, 0.4) is 0 Å². The Balaban J connectivity index is 1.64. The molecule has 4 rings (SSSR count). The molecule has 2 heterocycles. The molecule has 8 heteroatoms. The summed E-state index contributed by atoms with van der Waals surface area (Å²) in [5, 5.41) is 11.6. The summed E-state index contributed by atoms with van der Waals surface area (Å²) < 4.78 is 2.81. The van der Waals surface area contributed by atoms with Crippen LogP contribution in [0.25, 0.3) is 0 Å². The van der Waals surface area contributed by atoms with Crippen molar-refractivity contribution < 1.29 is 4.79 Å². The first kappa shape index (κ1) is 17.1. The van der Waals surface area contributed by atoms with Gasteiger partial charge in [0.15, 0.2) is 0 Å². The maximum atomic E-state index is 13.0. The third-order valence-corrected chi connectivity index (χ3v) is 5.87. The van der Waals surface area contributed by atoms with Crippen LogP contribution >= 0.6 is 27.7 Å². The van der Waals surface area contributed by atoms with Crippen LogP contribution in [0.4, 0.5) is 5.69 Å². The summed E-state index contributed by atoms with van der Waals surface area (Å²) in [6.45, 7) is 1.88. The molecule has 0 spiro atoms. The number of hydrogen-bond donors (Lipinski definition) is 2. The number of rotatable bonds is 3. The highest BCUT2D eigenvalue weighted by Gasteiger charge is 2.37. The molecule has 0 saturated heterocycles. The molecule has 0 fully saturated rings. The summed E-state index contributed by atoms with van der Waals surface area (Å²) in [5.41, 5.74) is 5.18. The normalized spacial score (nSPS) is 18.7. The Morgan fingerprint density at radius 1 is 1.15 bits per heavy atom. The number of nitrogens with zero attached hydrogens (tertiary/aromatic N) is 3. The highest BCUT2D eigenvalue weighted by molar-refractivity contribution is 9.10. The number of carbonyl (C=O) groups is 1. The zero-order chi connectivity index (χ0) is 18.1. The molecule has 0 radical (unpaired) electrons. The standard InChI is InChI=1S/C18H16BrN5OS/c1-11-21-22-18-24(11)23-15(12-5-3-2-4-6-12)16(26-18)17(25)20-14-9-7-13(19)8-10-14/h2-10,15-16,23H,1H3,(H,20,25)/t15-,16+/m1/s1. The van der Waals surface area contributed by atoms with Gasteiger partial charge in [-0.2, -0.15) is 0 Å². The van der Waals surface area contributed by atoms with Crippen molar-refractivity contribution in [3.63, 3.8) is 0 Å². The number of thioether (sulfide) groups is 1. The monoisotopic (exact) mass is 429 g/mol. The molecule has 6 nitrogen and oxygen atoms in total. The topological polar surface area (TPSA) is 71.8 Å². The predicted molar refractivity (Wildman–Crippen MR) is 106 cm³/mol. The molecular formula is C18H16BrN5OS. The fourth-order valence-corrected chi connectivity index (χ4v) is 4.21. The zero-order valence-corrected chi connectivity index (χ0v) is 16.3. The van der Waals surface area contributed by atoms with Crippen molar-refractivity contribution in [3.8, 4) is 0 Å². The van der Waals surface area contributed by atoms with Gasteiger partial charge in [-0.1, -0.05) is 58.0 Å². The molecule has 0 bridgehead atoms. The molecule has 1 aliphatic heterocycles. The van der Waals surface area contributed by atoms with E-state index in [0.717, 1.165) is 21.5 Å². The fourth-order valence-electron chi connectivity index (χ4n) is 2.82. The lowest BCUT2D eigenvalue weighted by Gasteiger charge is -2.32. The van der Waals surface area contributed by atoms with Crippen molar-refractivity contribution >= 4 is 39.3 Å². The highest BCUT2D eigenvalue weighted by Crippen LogP contribution is 2.37. The fraction of sp³-hybridized carbons (Fsp3) is 0.167. The maximum absolute atomic E-state index is 13.0. The summed E-state index contributed by atoms with van der Waals surface area (Å²) in [6.07, 6.45) is 0. The van der Waals surface area contributed by atoms with Gasteiger partial charge in [0.1, 0.15) is 11.1 Å². The Labute approximate surface area is 163 Å². The van der Waals surface area contributed by atoms with Crippen LogP contribution in [-0.4, -0.2) is 26.0 Å². The van der Waals surface area contributed by atoms with Gasteiger partial charge < -0.3 is 10.7 Å². The maximum Gasteiger partial charge on any atom is 0.240 e. The van der Waals surface area contributed by atoms with Gasteiger partial charge in [0.25, 0.3) is 0 Å². The van der Waals surface area contributed by atoms with Crippen molar-refractivity contribution in [1.29, 1.82) is 0 Å². The molecule has 2 aromatic carbocycles. The zero-order valence-electron chi connectivity index (χ0n) is 13.9. The lowest BCUT2D eigenvalue weighted by molar-refractivity contribution is -0.116. The van der Waals surface area contributed by atoms with Gasteiger partial charge >= 0.3 is 0 Å². The van der Waals surface area contributed by atoms with Gasteiger partial charge in [-0.15, -0.1) is 10.2 Å². The van der Waals surface area contributed by atoms with Crippen LogP contribution in [0.1, 0.15) is 17.4 Å². The molecule has 0 saturated carbocycles. The SMILES string of the molecule is Cc1nnc2n1N[C@H](c1ccccc1)[C@@H](C(=O)Nc1ccc(Br)cc1)S2. The van der Waals surface area contributed by atoms with Crippen LogP contribution in [0.2, 0.25) is 0 Å².